The monoisotopic (exact) mass is 212 g/mol. The summed E-state index contributed by atoms with van der Waals surface area (Å²) >= 11 is 0. The highest BCUT2D eigenvalue weighted by atomic mass is 15.2. The van der Waals surface area contributed by atoms with E-state index in [0.717, 1.165) is 12.0 Å². The summed E-state index contributed by atoms with van der Waals surface area (Å²) in [6.07, 6.45) is 2.60. The van der Waals surface area contributed by atoms with Crippen molar-refractivity contribution in [2.75, 3.05) is 13.1 Å². The van der Waals surface area contributed by atoms with Crippen molar-refractivity contribution in [2.45, 2.75) is 65.6 Å². The van der Waals surface area contributed by atoms with E-state index >= 15 is 0 Å². The molecule has 0 bridgehead atoms. The maximum Gasteiger partial charge on any atom is 0.0247 e. The zero-order chi connectivity index (χ0) is 11.4. The van der Waals surface area contributed by atoms with Crippen LogP contribution in [0, 0.1) is 5.92 Å². The van der Waals surface area contributed by atoms with Crippen molar-refractivity contribution < 1.29 is 0 Å². The molecule has 1 saturated heterocycles. The van der Waals surface area contributed by atoms with E-state index in [9.17, 15) is 0 Å². The molecule has 1 N–H and O–H groups in total. The molecule has 15 heavy (non-hydrogen) atoms. The number of rotatable bonds is 4. The number of piperazine rings is 1. The summed E-state index contributed by atoms with van der Waals surface area (Å²) in [5.74, 6) is 0.752. The van der Waals surface area contributed by atoms with Crippen molar-refractivity contribution in [2.24, 2.45) is 5.92 Å². The van der Waals surface area contributed by atoms with Gasteiger partial charge in [0.05, 0.1) is 0 Å². The Hall–Kier alpha value is -0.0800. The summed E-state index contributed by atoms with van der Waals surface area (Å²) < 4.78 is 0. The van der Waals surface area contributed by atoms with Gasteiger partial charge in [0.15, 0.2) is 0 Å². The Kier molecular flexibility index (Phi) is 5.07. The first-order valence-corrected chi connectivity index (χ1v) is 6.55. The standard InChI is InChI=1S/C13H28N2/c1-6-7-12-9-15(11(4)5)13(8-14-12)10(2)3/h10-14H,6-9H2,1-5H3. The van der Waals surface area contributed by atoms with Gasteiger partial charge in [-0.3, -0.25) is 4.90 Å². The van der Waals surface area contributed by atoms with Gasteiger partial charge in [-0.15, -0.1) is 0 Å². The zero-order valence-electron chi connectivity index (χ0n) is 11.1. The predicted octanol–water partition coefficient (Wildman–Crippen LogP) is 2.49. The summed E-state index contributed by atoms with van der Waals surface area (Å²) in [6.45, 7) is 14.0. The van der Waals surface area contributed by atoms with Gasteiger partial charge in [0.2, 0.25) is 0 Å². The molecule has 2 heteroatoms. The van der Waals surface area contributed by atoms with Crippen LogP contribution < -0.4 is 5.32 Å². The van der Waals surface area contributed by atoms with E-state index in [1.165, 1.54) is 25.9 Å². The minimum atomic E-state index is 0.679. The Labute approximate surface area is 95.4 Å². The molecule has 2 atom stereocenters. The lowest BCUT2D eigenvalue weighted by Crippen LogP contribution is -2.60. The molecular weight excluding hydrogens is 184 g/mol. The van der Waals surface area contributed by atoms with Gasteiger partial charge in [-0.1, -0.05) is 27.2 Å². The molecule has 1 aliphatic heterocycles. The van der Waals surface area contributed by atoms with Crippen LogP contribution in [-0.4, -0.2) is 36.1 Å². The molecule has 2 nitrogen and oxygen atoms in total. The Balaban J connectivity index is 2.57. The van der Waals surface area contributed by atoms with E-state index < -0.39 is 0 Å². The number of hydrogen-bond acceptors (Lipinski definition) is 2. The van der Waals surface area contributed by atoms with Crippen molar-refractivity contribution in [1.82, 2.24) is 10.2 Å². The fourth-order valence-corrected chi connectivity index (χ4v) is 2.61. The fourth-order valence-electron chi connectivity index (χ4n) is 2.61. The third kappa shape index (κ3) is 3.46. The van der Waals surface area contributed by atoms with Gasteiger partial charge in [-0.2, -0.15) is 0 Å². The zero-order valence-corrected chi connectivity index (χ0v) is 11.1. The lowest BCUT2D eigenvalue weighted by Gasteiger charge is -2.44. The molecule has 1 fully saturated rings. The van der Waals surface area contributed by atoms with Crippen molar-refractivity contribution >= 4 is 0 Å². The lowest BCUT2D eigenvalue weighted by atomic mass is 9.95. The molecule has 0 spiro atoms. The van der Waals surface area contributed by atoms with E-state index in [2.05, 4.69) is 44.8 Å². The topological polar surface area (TPSA) is 15.3 Å². The average molecular weight is 212 g/mol. The Morgan fingerprint density at radius 3 is 2.40 bits per heavy atom. The van der Waals surface area contributed by atoms with Crippen molar-refractivity contribution in [3.63, 3.8) is 0 Å². The van der Waals surface area contributed by atoms with Gasteiger partial charge in [-0.05, 0) is 26.2 Å². The summed E-state index contributed by atoms with van der Waals surface area (Å²) in [4.78, 5) is 2.68. The van der Waals surface area contributed by atoms with Crippen molar-refractivity contribution in [3.8, 4) is 0 Å². The largest absolute Gasteiger partial charge is 0.311 e. The Morgan fingerprint density at radius 2 is 1.93 bits per heavy atom. The first kappa shape index (κ1) is 13.0. The number of nitrogens with zero attached hydrogens (tertiary/aromatic N) is 1. The van der Waals surface area contributed by atoms with Crippen molar-refractivity contribution in [1.29, 1.82) is 0 Å². The predicted molar refractivity (Wildman–Crippen MR) is 67.2 cm³/mol. The maximum absolute atomic E-state index is 3.69. The van der Waals surface area contributed by atoms with E-state index in [1.54, 1.807) is 0 Å². The fraction of sp³-hybridized carbons (Fsp3) is 1.00. The average Bonchev–Trinajstić information content (AvgIpc) is 2.17. The minimum absolute atomic E-state index is 0.679. The summed E-state index contributed by atoms with van der Waals surface area (Å²) in [5.41, 5.74) is 0. The van der Waals surface area contributed by atoms with Crippen LogP contribution in [0.2, 0.25) is 0 Å². The van der Waals surface area contributed by atoms with Crippen LogP contribution in [0.3, 0.4) is 0 Å². The summed E-state index contributed by atoms with van der Waals surface area (Å²) in [7, 11) is 0. The molecule has 0 aromatic carbocycles. The molecule has 0 radical (unpaired) electrons. The van der Waals surface area contributed by atoms with Crippen LogP contribution in [0.25, 0.3) is 0 Å². The molecule has 1 heterocycles. The van der Waals surface area contributed by atoms with Gasteiger partial charge >= 0.3 is 0 Å². The molecule has 1 rings (SSSR count). The van der Waals surface area contributed by atoms with Crippen LogP contribution in [0.1, 0.15) is 47.5 Å². The molecular formula is C13H28N2. The van der Waals surface area contributed by atoms with Gasteiger partial charge in [0, 0.05) is 31.2 Å². The lowest BCUT2D eigenvalue weighted by molar-refractivity contribution is 0.0670. The van der Waals surface area contributed by atoms with E-state index in [4.69, 9.17) is 0 Å². The smallest absolute Gasteiger partial charge is 0.0247 e. The van der Waals surface area contributed by atoms with E-state index in [-0.39, 0.29) is 0 Å². The van der Waals surface area contributed by atoms with Gasteiger partial charge in [0.25, 0.3) is 0 Å². The van der Waals surface area contributed by atoms with E-state index in [0.29, 0.717) is 12.1 Å². The quantitative estimate of drug-likeness (QED) is 0.770. The third-order valence-electron chi connectivity index (χ3n) is 3.54. The Bertz CT molecular complexity index is 177. The molecule has 0 aliphatic carbocycles. The molecule has 0 amide bonds. The first-order valence-electron chi connectivity index (χ1n) is 6.55. The summed E-state index contributed by atoms with van der Waals surface area (Å²) in [6, 6.07) is 2.12. The van der Waals surface area contributed by atoms with Gasteiger partial charge in [0.1, 0.15) is 0 Å². The third-order valence-corrected chi connectivity index (χ3v) is 3.54. The second-order valence-corrected chi connectivity index (χ2v) is 5.50. The van der Waals surface area contributed by atoms with E-state index in [1.807, 2.05) is 0 Å². The number of hydrogen-bond donors (Lipinski definition) is 1. The summed E-state index contributed by atoms with van der Waals surface area (Å²) in [5, 5.41) is 3.69. The SMILES string of the molecule is CCCC1CN(C(C)C)C(C(C)C)CN1. The molecule has 90 valence electrons. The Morgan fingerprint density at radius 1 is 1.27 bits per heavy atom. The van der Waals surface area contributed by atoms with Crippen LogP contribution in [0.4, 0.5) is 0 Å². The second-order valence-electron chi connectivity index (χ2n) is 5.50. The van der Waals surface area contributed by atoms with Crippen LogP contribution in [-0.2, 0) is 0 Å². The normalized spacial score (nSPS) is 29.0. The second kappa shape index (κ2) is 5.86. The van der Waals surface area contributed by atoms with Crippen LogP contribution >= 0.6 is 0 Å². The molecule has 2 unspecified atom stereocenters. The molecule has 0 saturated carbocycles. The first-order chi connectivity index (χ1) is 7.06. The highest BCUT2D eigenvalue weighted by molar-refractivity contribution is 4.89. The van der Waals surface area contributed by atoms with Crippen molar-refractivity contribution in [3.05, 3.63) is 0 Å². The highest BCUT2D eigenvalue weighted by Crippen LogP contribution is 2.19. The maximum atomic E-state index is 3.69. The van der Waals surface area contributed by atoms with Crippen LogP contribution in [0.5, 0.6) is 0 Å². The minimum Gasteiger partial charge on any atom is -0.311 e. The molecule has 0 aromatic heterocycles. The number of nitrogens with one attached hydrogen (secondary N) is 1. The van der Waals surface area contributed by atoms with Gasteiger partial charge in [-0.25, -0.2) is 0 Å². The van der Waals surface area contributed by atoms with Gasteiger partial charge < -0.3 is 5.32 Å². The molecule has 1 aliphatic rings. The molecule has 0 aromatic rings. The highest BCUT2D eigenvalue weighted by Gasteiger charge is 2.30. The van der Waals surface area contributed by atoms with Crippen LogP contribution in [0.15, 0.2) is 0 Å².